The van der Waals surface area contributed by atoms with Crippen molar-refractivity contribution in [3.05, 3.63) is 11.7 Å². The summed E-state index contributed by atoms with van der Waals surface area (Å²) >= 11 is 0. The van der Waals surface area contributed by atoms with Crippen LogP contribution in [0.25, 0.3) is 0 Å². The lowest BCUT2D eigenvalue weighted by Crippen LogP contribution is -2.38. The summed E-state index contributed by atoms with van der Waals surface area (Å²) in [6.45, 7) is 11.9. The summed E-state index contributed by atoms with van der Waals surface area (Å²) in [5.74, 6) is 3.17. The van der Waals surface area contributed by atoms with Gasteiger partial charge in [0.05, 0.1) is 13.2 Å². The fraction of sp³-hybridized carbons (Fsp3) is 0.842. The molecule has 1 saturated heterocycles. The number of aliphatic imine (C=N–C) groups is 1. The number of ether oxygens (including phenoxy) is 2. The van der Waals surface area contributed by atoms with Crippen molar-refractivity contribution in [2.24, 2.45) is 10.9 Å². The molecule has 0 radical (unpaired) electrons. The SMILES string of the molecule is CCNC(=NCCCc1nc(C(C)C)no1)NCCCOCC1CCOC1. The molecule has 2 heterocycles. The Morgan fingerprint density at radius 3 is 2.93 bits per heavy atom. The quantitative estimate of drug-likeness (QED) is 0.325. The number of aromatic nitrogens is 2. The van der Waals surface area contributed by atoms with Crippen molar-refractivity contribution < 1.29 is 14.0 Å². The van der Waals surface area contributed by atoms with Crippen molar-refractivity contribution in [1.29, 1.82) is 0 Å². The summed E-state index contributed by atoms with van der Waals surface area (Å²) in [7, 11) is 0. The fourth-order valence-electron chi connectivity index (χ4n) is 2.71. The van der Waals surface area contributed by atoms with Crippen LogP contribution in [0, 0.1) is 5.92 Å². The molecule has 0 bridgehead atoms. The van der Waals surface area contributed by atoms with E-state index in [1.54, 1.807) is 0 Å². The van der Waals surface area contributed by atoms with E-state index in [2.05, 4.69) is 46.5 Å². The van der Waals surface area contributed by atoms with Crippen LogP contribution < -0.4 is 10.6 Å². The van der Waals surface area contributed by atoms with Gasteiger partial charge in [-0.3, -0.25) is 4.99 Å². The van der Waals surface area contributed by atoms with Gasteiger partial charge in [0.15, 0.2) is 11.8 Å². The average Bonchev–Trinajstić information content (AvgIpc) is 3.33. The van der Waals surface area contributed by atoms with Gasteiger partial charge in [0, 0.05) is 51.1 Å². The molecule has 8 nitrogen and oxygen atoms in total. The second-order valence-electron chi connectivity index (χ2n) is 7.15. The maximum Gasteiger partial charge on any atom is 0.226 e. The van der Waals surface area contributed by atoms with Crippen LogP contribution in [0.2, 0.25) is 0 Å². The van der Waals surface area contributed by atoms with Gasteiger partial charge in [-0.15, -0.1) is 0 Å². The molecule has 0 saturated carbocycles. The molecule has 1 aliphatic heterocycles. The number of nitrogens with zero attached hydrogens (tertiary/aromatic N) is 3. The predicted octanol–water partition coefficient (Wildman–Crippen LogP) is 2.12. The molecule has 27 heavy (non-hydrogen) atoms. The first kappa shape index (κ1) is 21.6. The highest BCUT2D eigenvalue weighted by Crippen LogP contribution is 2.12. The van der Waals surface area contributed by atoms with E-state index in [0.29, 0.717) is 24.3 Å². The lowest BCUT2D eigenvalue weighted by atomic mass is 10.1. The number of hydrogen-bond acceptors (Lipinski definition) is 6. The van der Waals surface area contributed by atoms with Gasteiger partial charge in [0.25, 0.3) is 0 Å². The minimum absolute atomic E-state index is 0.292. The third kappa shape index (κ3) is 8.71. The summed E-state index contributed by atoms with van der Waals surface area (Å²) in [6, 6.07) is 0. The van der Waals surface area contributed by atoms with E-state index < -0.39 is 0 Å². The van der Waals surface area contributed by atoms with Gasteiger partial charge in [-0.25, -0.2) is 0 Å². The molecule has 2 rings (SSSR count). The predicted molar refractivity (Wildman–Crippen MR) is 105 cm³/mol. The van der Waals surface area contributed by atoms with Crippen LogP contribution in [0.5, 0.6) is 0 Å². The fourth-order valence-corrected chi connectivity index (χ4v) is 2.71. The smallest absolute Gasteiger partial charge is 0.226 e. The Morgan fingerprint density at radius 2 is 2.22 bits per heavy atom. The molecule has 1 aliphatic rings. The van der Waals surface area contributed by atoms with Gasteiger partial charge >= 0.3 is 0 Å². The Bertz CT molecular complexity index is 541. The molecule has 1 atom stereocenters. The van der Waals surface area contributed by atoms with E-state index in [9.17, 15) is 0 Å². The summed E-state index contributed by atoms with van der Waals surface area (Å²) in [5, 5.41) is 10.6. The van der Waals surface area contributed by atoms with Crippen LogP contribution in [0.4, 0.5) is 0 Å². The first-order valence-corrected chi connectivity index (χ1v) is 10.2. The molecule has 2 N–H and O–H groups in total. The summed E-state index contributed by atoms with van der Waals surface area (Å²) in [4.78, 5) is 8.99. The molecule has 1 aromatic rings. The lowest BCUT2D eigenvalue weighted by molar-refractivity contribution is 0.0888. The molecule has 0 aliphatic carbocycles. The Labute approximate surface area is 162 Å². The van der Waals surface area contributed by atoms with Gasteiger partial charge in [-0.2, -0.15) is 4.98 Å². The molecule has 0 aromatic carbocycles. The standard InChI is InChI=1S/C19H35N5O3/c1-4-20-19(22-10-6-11-25-13-16-8-12-26-14-16)21-9-5-7-17-23-18(15(2)3)24-27-17/h15-16H,4-14H2,1-3H3,(H2,20,21,22). The summed E-state index contributed by atoms with van der Waals surface area (Å²) in [6.07, 6.45) is 3.71. The summed E-state index contributed by atoms with van der Waals surface area (Å²) < 4.78 is 16.3. The second kappa shape index (κ2) is 12.7. The largest absolute Gasteiger partial charge is 0.381 e. The molecular weight excluding hydrogens is 346 g/mol. The van der Waals surface area contributed by atoms with Crippen LogP contribution >= 0.6 is 0 Å². The Kier molecular flexibility index (Phi) is 10.1. The lowest BCUT2D eigenvalue weighted by Gasteiger charge is -2.12. The van der Waals surface area contributed by atoms with Gasteiger partial charge in [-0.05, 0) is 26.2 Å². The van der Waals surface area contributed by atoms with E-state index in [1.165, 1.54) is 0 Å². The second-order valence-corrected chi connectivity index (χ2v) is 7.15. The first-order chi connectivity index (χ1) is 13.2. The minimum atomic E-state index is 0.292. The Hall–Kier alpha value is -1.67. The molecule has 0 spiro atoms. The molecule has 1 unspecified atom stereocenters. The van der Waals surface area contributed by atoms with Gasteiger partial charge < -0.3 is 24.6 Å². The van der Waals surface area contributed by atoms with Crippen LogP contribution in [-0.2, 0) is 15.9 Å². The normalized spacial score (nSPS) is 17.6. The number of guanidine groups is 1. The molecule has 1 aromatic heterocycles. The maximum atomic E-state index is 5.72. The van der Waals surface area contributed by atoms with E-state index in [-0.39, 0.29) is 0 Å². The number of aryl methyl sites for hydroxylation is 1. The molecule has 1 fully saturated rings. The zero-order valence-electron chi connectivity index (χ0n) is 17.0. The Morgan fingerprint density at radius 1 is 1.33 bits per heavy atom. The van der Waals surface area contributed by atoms with Crippen molar-refractivity contribution in [3.8, 4) is 0 Å². The van der Waals surface area contributed by atoms with Crippen molar-refractivity contribution in [1.82, 2.24) is 20.8 Å². The van der Waals surface area contributed by atoms with Crippen molar-refractivity contribution in [3.63, 3.8) is 0 Å². The van der Waals surface area contributed by atoms with Crippen LogP contribution in [0.1, 0.15) is 57.7 Å². The van der Waals surface area contributed by atoms with Crippen LogP contribution in [0.3, 0.4) is 0 Å². The molecule has 0 amide bonds. The van der Waals surface area contributed by atoms with E-state index >= 15 is 0 Å². The average molecular weight is 382 g/mol. The molecule has 154 valence electrons. The number of nitrogens with one attached hydrogen (secondary N) is 2. The third-order valence-electron chi connectivity index (χ3n) is 4.30. The van der Waals surface area contributed by atoms with E-state index in [4.69, 9.17) is 14.0 Å². The first-order valence-electron chi connectivity index (χ1n) is 10.2. The molecule has 8 heteroatoms. The molecular formula is C19H35N5O3. The highest BCUT2D eigenvalue weighted by atomic mass is 16.5. The zero-order chi connectivity index (χ0) is 19.3. The van der Waals surface area contributed by atoms with Crippen molar-refractivity contribution >= 4 is 5.96 Å². The Balaban J connectivity index is 1.56. The van der Waals surface area contributed by atoms with Gasteiger partial charge in [0.1, 0.15) is 0 Å². The highest BCUT2D eigenvalue weighted by Gasteiger charge is 2.15. The van der Waals surface area contributed by atoms with Gasteiger partial charge in [0.2, 0.25) is 5.89 Å². The number of rotatable bonds is 12. The maximum absolute atomic E-state index is 5.72. The van der Waals surface area contributed by atoms with E-state index in [1.807, 2.05) is 0 Å². The van der Waals surface area contributed by atoms with E-state index in [0.717, 1.165) is 77.0 Å². The zero-order valence-corrected chi connectivity index (χ0v) is 17.0. The van der Waals surface area contributed by atoms with Crippen LogP contribution in [0.15, 0.2) is 9.52 Å². The monoisotopic (exact) mass is 381 g/mol. The van der Waals surface area contributed by atoms with Crippen molar-refractivity contribution in [2.45, 2.75) is 52.4 Å². The topological polar surface area (TPSA) is 93.8 Å². The minimum Gasteiger partial charge on any atom is -0.381 e. The van der Waals surface area contributed by atoms with Crippen molar-refractivity contribution in [2.75, 3.05) is 46.1 Å². The summed E-state index contributed by atoms with van der Waals surface area (Å²) in [5.41, 5.74) is 0. The van der Waals surface area contributed by atoms with Gasteiger partial charge in [-0.1, -0.05) is 19.0 Å². The van der Waals surface area contributed by atoms with Crippen LogP contribution in [-0.4, -0.2) is 62.2 Å². The number of hydrogen-bond donors (Lipinski definition) is 2. The highest BCUT2D eigenvalue weighted by molar-refractivity contribution is 5.79. The third-order valence-corrected chi connectivity index (χ3v) is 4.30.